The average Bonchev–Trinajstić information content (AvgIpc) is 3.21. The van der Waals surface area contributed by atoms with Gasteiger partial charge in [-0.25, -0.2) is 0 Å². The van der Waals surface area contributed by atoms with E-state index in [0.29, 0.717) is 34.1 Å². The number of nitrogens with one attached hydrogen (secondary N) is 1. The van der Waals surface area contributed by atoms with Crippen LogP contribution in [0.5, 0.6) is 11.5 Å². The van der Waals surface area contributed by atoms with Gasteiger partial charge in [0, 0.05) is 30.9 Å². The molecule has 0 unspecified atom stereocenters. The summed E-state index contributed by atoms with van der Waals surface area (Å²) in [6.07, 6.45) is 0. The average molecular weight is 410 g/mol. The van der Waals surface area contributed by atoms with Gasteiger partial charge in [-0.1, -0.05) is 0 Å². The van der Waals surface area contributed by atoms with Gasteiger partial charge in [0.05, 0.1) is 14.2 Å². The van der Waals surface area contributed by atoms with Crippen LogP contribution in [0.1, 0.15) is 10.4 Å². The standard InChI is InChI=1S/C20H22N6O4/c1-25(2)20(28)13-5-8-15(9-6-13)21-18(27)12-26-23-19(22-24-26)14-7-10-16(29-3)17(11-14)30-4/h5-11H,12H2,1-4H3,(H,21,27). The lowest BCUT2D eigenvalue weighted by Gasteiger charge is -2.10. The van der Waals surface area contributed by atoms with E-state index in [0.717, 1.165) is 0 Å². The molecule has 2 amide bonds. The summed E-state index contributed by atoms with van der Waals surface area (Å²) in [5.41, 5.74) is 1.78. The Hall–Kier alpha value is -3.95. The van der Waals surface area contributed by atoms with Crippen molar-refractivity contribution in [3.63, 3.8) is 0 Å². The van der Waals surface area contributed by atoms with Gasteiger partial charge in [0.1, 0.15) is 6.54 Å². The largest absolute Gasteiger partial charge is 0.493 e. The van der Waals surface area contributed by atoms with Crippen molar-refractivity contribution in [3.05, 3.63) is 48.0 Å². The number of benzene rings is 2. The molecule has 0 fully saturated rings. The maximum absolute atomic E-state index is 12.3. The highest BCUT2D eigenvalue weighted by atomic mass is 16.5. The Kier molecular flexibility index (Phi) is 6.26. The molecule has 0 aliphatic heterocycles. The normalized spacial score (nSPS) is 10.4. The maximum Gasteiger partial charge on any atom is 0.253 e. The third kappa shape index (κ3) is 4.72. The van der Waals surface area contributed by atoms with Gasteiger partial charge in [0.25, 0.3) is 5.91 Å². The Bertz CT molecular complexity index is 1050. The molecule has 3 aromatic rings. The highest BCUT2D eigenvalue weighted by Gasteiger charge is 2.13. The molecule has 3 rings (SSSR count). The fourth-order valence-corrected chi connectivity index (χ4v) is 2.68. The van der Waals surface area contributed by atoms with E-state index in [4.69, 9.17) is 9.47 Å². The molecule has 0 radical (unpaired) electrons. The predicted molar refractivity (Wildman–Crippen MR) is 109 cm³/mol. The predicted octanol–water partition coefficient (Wildman–Crippen LogP) is 1.70. The molecule has 1 aromatic heterocycles. The molecule has 0 saturated heterocycles. The number of methoxy groups -OCH3 is 2. The van der Waals surface area contributed by atoms with Gasteiger partial charge >= 0.3 is 0 Å². The fourth-order valence-electron chi connectivity index (χ4n) is 2.68. The number of rotatable bonds is 7. The Balaban J connectivity index is 1.64. The monoisotopic (exact) mass is 410 g/mol. The molecule has 0 spiro atoms. The second kappa shape index (κ2) is 9.03. The third-order valence-electron chi connectivity index (χ3n) is 4.20. The number of hydrogen-bond acceptors (Lipinski definition) is 7. The van der Waals surface area contributed by atoms with E-state index in [1.165, 1.54) is 9.70 Å². The number of ether oxygens (including phenoxy) is 2. The minimum absolute atomic E-state index is 0.109. The summed E-state index contributed by atoms with van der Waals surface area (Å²) < 4.78 is 10.5. The van der Waals surface area contributed by atoms with Crippen LogP contribution in [0.2, 0.25) is 0 Å². The van der Waals surface area contributed by atoms with Crippen LogP contribution in [0.15, 0.2) is 42.5 Å². The van der Waals surface area contributed by atoms with Crippen LogP contribution in [0.4, 0.5) is 5.69 Å². The first-order chi connectivity index (χ1) is 14.4. The van der Waals surface area contributed by atoms with E-state index in [1.807, 2.05) is 0 Å². The zero-order valence-corrected chi connectivity index (χ0v) is 17.1. The van der Waals surface area contributed by atoms with Gasteiger partial charge in [-0.05, 0) is 47.7 Å². The van der Waals surface area contributed by atoms with Gasteiger partial charge in [0.15, 0.2) is 11.5 Å². The molecule has 0 saturated carbocycles. The van der Waals surface area contributed by atoms with E-state index in [9.17, 15) is 9.59 Å². The van der Waals surface area contributed by atoms with E-state index in [2.05, 4.69) is 20.7 Å². The second-order valence-electron chi connectivity index (χ2n) is 6.54. The lowest BCUT2D eigenvalue weighted by atomic mass is 10.2. The molecule has 1 N–H and O–H groups in total. The van der Waals surface area contributed by atoms with Crippen molar-refractivity contribution in [2.45, 2.75) is 6.54 Å². The molecule has 10 heteroatoms. The number of carbonyl (C=O) groups excluding carboxylic acids is 2. The van der Waals surface area contributed by atoms with Gasteiger partial charge in [-0.2, -0.15) is 4.80 Å². The van der Waals surface area contributed by atoms with E-state index >= 15 is 0 Å². The molecular formula is C20H22N6O4. The molecule has 10 nitrogen and oxygen atoms in total. The van der Waals surface area contributed by atoms with Gasteiger partial charge in [-0.15, -0.1) is 10.2 Å². The summed E-state index contributed by atoms with van der Waals surface area (Å²) in [6, 6.07) is 11.9. The van der Waals surface area contributed by atoms with Crippen LogP contribution >= 0.6 is 0 Å². The van der Waals surface area contributed by atoms with Gasteiger partial charge in [0.2, 0.25) is 11.7 Å². The van der Waals surface area contributed by atoms with Crippen molar-refractivity contribution in [1.82, 2.24) is 25.1 Å². The summed E-state index contributed by atoms with van der Waals surface area (Å²) >= 11 is 0. The number of aromatic nitrogens is 4. The molecule has 2 aromatic carbocycles. The van der Waals surface area contributed by atoms with Crippen molar-refractivity contribution in [1.29, 1.82) is 0 Å². The number of carbonyl (C=O) groups is 2. The molecule has 0 atom stereocenters. The Morgan fingerprint density at radius 1 is 1.03 bits per heavy atom. The highest BCUT2D eigenvalue weighted by molar-refractivity contribution is 5.95. The van der Waals surface area contributed by atoms with Crippen molar-refractivity contribution in [2.75, 3.05) is 33.6 Å². The van der Waals surface area contributed by atoms with Crippen LogP contribution in [0, 0.1) is 0 Å². The van der Waals surface area contributed by atoms with Crippen LogP contribution in [0.3, 0.4) is 0 Å². The number of nitrogens with zero attached hydrogens (tertiary/aromatic N) is 5. The third-order valence-corrected chi connectivity index (χ3v) is 4.20. The Labute approximate surface area is 173 Å². The number of hydrogen-bond donors (Lipinski definition) is 1. The molecule has 0 bridgehead atoms. The summed E-state index contributed by atoms with van der Waals surface area (Å²) in [5, 5.41) is 14.9. The van der Waals surface area contributed by atoms with Crippen LogP contribution in [0.25, 0.3) is 11.4 Å². The Morgan fingerprint density at radius 3 is 2.37 bits per heavy atom. The number of tetrazole rings is 1. The fraction of sp³-hybridized carbons (Fsp3) is 0.250. The molecule has 0 aliphatic rings. The highest BCUT2D eigenvalue weighted by Crippen LogP contribution is 2.30. The molecule has 0 aliphatic carbocycles. The summed E-state index contributed by atoms with van der Waals surface area (Å²) in [6.45, 7) is -0.112. The minimum atomic E-state index is -0.321. The van der Waals surface area contributed by atoms with Gasteiger partial charge < -0.3 is 19.7 Å². The lowest BCUT2D eigenvalue weighted by molar-refractivity contribution is -0.117. The first-order valence-electron chi connectivity index (χ1n) is 9.03. The van der Waals surface area contributed by atoms with E-state index in [1.54, 1.807) is 70.8 Å². The Morgan fingerprint density at radius 2 is 1.73 bits per heavy atom. The van der Waals surface area contributed by atoms with Crippen LogP contribution in [-0.4, -0.2) is 65.2 Å². The van der Waals surface area contributed by atoms with Crippen molar-refractivity contribution >= 4 is 17.5 Å². The minimum Gasteiger partial charge on any atom is -0.493 e. The summed E-state index contributed by atoms with van der Waals surface area (Å²) in [5.74, 6) is 1.06. The summed E-state index contributed by atoms with van der Waals surface area (Å²) in [7, 11) is 6.45. The van der Waals surface area contributed by atoms with Crippen molar-refractivity contribution < 1.29 is 19.1 Å². The van der Waals surface area contributed by atoms with Crippen LogP contribution < -0.4 is 14.8 Å². The molecule has 156 valence electrons. The molecule has 30 heavy (non-hydrogen) atoms. The van der Waals surface area contributed by atoms with Crippen LogP contribution in [-0.2, 0) is 11.3 Å². The zero-order chi connectivity index (χ0) is 21.7. The zero-order valence-electron chi connectivity index (χ0n) is 17.1. The van der Waals surface area contributed by atoms with Gasteiger partial charge in [-0.3, -0.25) is 9.59 Å². The van der Waals surface area contributed by atoms with E-state index in [-0.39, 0.29) is 18.4 Å². The first-order valence-corrected chi connectivity index (χ1v) is 9.03. The quantitative estimate of drug-likeness (QED) is 0.631. The van der Waals surface area contributed by atoms with Crippen molar-refractivity contribution in [2.24, 2.45) is 0 Å². The summed E-state index contributed by atoms with van der Waals surface area (Å²) in [4.78, 5) is 26.9. The SMILES string of the molecule is COc1ccc(-c2nnn(CC(=O)Nc3ccc(C(=O)N(C)C)cc3)n2)cc1OC. The van der Waals surface area contributed by atoms with E-state index < -0.39 is 0 Å². The number of amides is 2. The second-order valence-corrected chi connectivity index (χ2v) is 6.54. The number of anilines is 1. The smallest absolute Gasteiger partial charge is 0.253 e. The lowest BCUT2D eigenvalue weighted by Crippen LogP contribution is -2.22. The molecular weight excluding hydrogens is 388 g/mol. The maximum atomic E-state index is 12.3. The first kappa shape index (κ1) is 20.8. The molecule has 1 heterocycles. The topological polar surface area (TPSA) is 111 Å². The van der Waals surface area contributed by atoms with Crippen molar-refractivity contribution in [3.8, 4) is 22.9 Å².